The van der Waals surface area contributed by atoms with E-state index in [2.05, 4.69) is 16.5 Å². The predicted molar refractivity (Wildman–Crippen MR) is 131 cm³/mol. The molecule has 8 heteroatoms. The topological polar surface area (TPSA) is 54.7 Å². The molecule has 0 atom stereocenters. The van der Waals surface area contributed by atoms with Crippen molar-refractivity contribution in [1.82, 2.24) is 14.3 Å². The van der Waals surface area contributed by atoms with Crippen LogP contribution in [0.2, 0.25) is 0 Å². The summed E-state index contributed by atoms with van der Waals surface area (Å²) in [6.45, 7) is 0.262. The minimum absolute atomic E-state index is 0. The number of carbonyl (C=O) groups is 2. The fourth-order valence-corrected chi connectivity index (χ4v) is 5.03. The summed E-state index contributed by atoms with van der Waals surface area (Å²) in [6, 6.07) is 23.1. The van der Waals surface area contributed by atoms with Gasteiger partial charge in [0.1, 0.15) is 0 Å². The maximum Gasteiger partial charge on any atom is 0.261 e. The van der Waals surface area contributed by atoms with Crippen LogP contribution in [0.15, 0.2) is 79.0 Å². The second kappa shape index (κ2) is 8.39. The number of amides is 2. The minimum atomic E-state index is -0.232. The van der Waals surface area contributed by atoms with Crippen molar-refractivity contribution in [3.05, 3.63) is 95.7 Å². The van der Waals surface area contributed by atoms with Crippen molar-refractivity contribution in [1.29, 1.82) is 0 Å². The highest BCUT2D eigenvalue weighted by Gasteiger charge is 2.35. The van der Waals surface area contributed by atoms with E-state index in [1.54, 1.807) is 35.6 Å². The smallest absolute Gasteiger partial charge is 0.261 e. The third-order valence-electron chi connectivity index (χ3n) is 5.45. The summed E-state index contributed by atoms with van der Waals surface area (Å²) >= 11 is 1.60. The van der Waals surface area contributed by atoms with Crippen LogP contribution in [-0.4, -0.2) is 26.1 Å². The largest absolute Gasteiger partial charge is 0.290 e. The van der Waals surface area contributed by atoms with Crippen LogP contribution in [0.5, 0.6) is 0 Å². The monoisotopic (exact) mass is 481 g/mol. The number of benzene rings is 3. The second-order valence-corrected chi connectivity index (χ2v) is 8.30. The van der Waals surface area contributed by atoms with E-state index in [4.69, 9.17) is 4.98 Å². The third kappa shape index (κ3) is 3.37. The number of rotatable bonds is 3. The van der Waals surface area contributed by atoms with E-state index in [9.17, 15) is 9.59 Å². The first kappa shape index (κ1) is 22.0. The van der Waals surface area contributed by atoms with Crippen molar-refractivity contribution in [2.45, 2.75) is 6.54 Å². The number of imidazole rings is 1. The Kier molecular flexibility index (Phi) is 5.77. The fourth-order valence-electron chi connectivity index (χ4n) is 3.96. The quantitative estimate of drug-likeness (QED) is 0.303. The van der Waals surface area contributed by atoms with Crippen molar-refractivity contribution in [3.63, 3.8) is 0 Å². The van der Waals surface area contributed by atoms with Gasteiger partial charge < -0.3 is 0 Å². The van der Waals surface area contributed by atoms with E-state index in [1.165, 1.54) is 4.90 Å². The molecule has 0 saturated carbocycles. The van der Waals surface area contributed by atoms with Gasteiger partial charge in [0, 0.05) is 11.8 Å². The number of thiazole rings is 1. The van der Waals surface area contributed by atoms with Gasteiger partial charge in [0.15, 0.2) is 4.96 Å². The van der Waals surface area contributed by atoms with Gasteiger partial charge in [-0.15, -0.1) is 24.8 Å². The lowest BCUT2D eigenvalue weighted by Crippen LogP contribution is -2.29. The van der Waals surface area contributed by atoms with Gasteiger partial charge in [-0.3, -0.25) is 18.9 Å². The Morgan fingerprint density at radius 1 is 0.812 bits per heavy atom. The van der Waals surface area contributed by atoms with Crippen molar-refractivity contribution in [2.75, 3.05) is 0 Å². The van der Waals surface area contributed by atoms with E-state index in [0.29, 0.717) is 11.1 Å². The molecule has 3 aromatic carbocycles. The molecule has 0 radical (unpaired) electrons. The van der Waals surface area contributed by atoms with E-state index in [-0.39, 0.29) is 43.2 Å². The SMILES string of the molecule is Cl.Cl.O=C1c2ccccc2C(=O)N1Cc1ccc2c(c1)sc1nc(-c3ccccc3)cn12. The Morgan fingerprint density at radius 2 is 1.47 bits per heavy atom. The van der Waals surface area contributed by atoms with Gasteiger partial charge in [-0.25, -0.2) is 4.98 Å². The molecule has 32 heavy (non-hydrogen) atoms. The Bertz CT molecular complexity index is 1440. The van der Waals surface area contributed by atoms with Crippen molar-refractivity contribution >= 4 is 63.1 Å². The van der Waals surface area contributed by atoms with Gasteiger partial charge in [-0.05, 0) is 29.8 Å². The maximum absolute atomic E-state index is 12.6. The number of hydrogen-bond acceptors (Lipinski definition) is 4. The summed E-state index contributed by atoms with van der Waals surface area (Å²) in [6.07, 6.45) is 2.05. The predicted octanol–water partition coefficient (Wildman–Crippen LogP) is 5.86. The molecule has 160 valence electrons. The number of fused-ring (bicyclic) bond motifs is 4. The van der Waals surface area contributed by atoms with Crippen LogP contribution in [-0.2, 0) is 6.54 Å². The summed E-state index contributed by atoms with van der Waals surface area (Å²) in [5, 5.41) is 0. The first-order chi connectivity index (χ1) is 14.7. The van der Waals surface area contributed by atoms with Gasteiger partial charge in [-0.2, -0.15) is 0 Å². The second-order valence-electron chi connectivity index (χ2n) is 7.29. The summed E-state index contributed by atoms with van der Waals surface area (Å²) < 4.78 is 3.17. The zero-order chi connectivity index (χ0) is 20.2. The molecule has 0 saturated heterocycles. The fraction of sp³-hybridized carbons (Fsp3) is 0.0417. The van der Waals surface area contributed by atoms with Gasteiger partial charge in [-0.1, -0.05) is 59.9 Å². The van der Waals surface area contributed by atoms with Crippen LogP contribution in [0.4, 0.5) is 0 Å². The lowest BCUT2D eigenvalue weighted by atomic mass is 10.1. The molecule has 0 bridgehead atoms. The number of halogens is 2. The lowest BCUT2D eigenvalue weighted by molar-refractivity contribution is 0.0642. The van der Waals surface area contributed by atoms with Crippen LogP contribution >= 0.6 is 36.2 Å². The van der Waals surface area contributed by atoms with Crippen LogP contribution in [0.25, 0.3) is 26.4 Å². The molecular formula is C24H17Cl2N3O2S. The van der Waals surface area contributed by atoms with Crippen LogP contribution in [0.1, 0.15) is 26.3 Å². The van der Waals surface area contributed by atoms with Gasteiger partial charge in [0.25, 0.3) is 11.8 Å². The number of aromatic nitrogens is 2. The molecule has 2 amide bonds. The highest BCUT2D eigenvalue weighted by atomic mass is 35.5. The Morgan fingerprint density at radius 3 is 2.16 bits per heavy atom. The molecular weight excluding hydrogens is 465 g/mol. The molecule has 2 aromatic heterocycles. The van der Waals surface area contributed by atoms with Crippen molar-refractivity contribution in [2.24, 2.45) is 0 Å². The molecule has 0 spiro atoms. The zero-order valence-electron chi connectivity index (χ0n) is 16.6. The first-order valence-corrected chi connectivity index (χ1v) is 10.4. The van der Waals surface area contributed by atoms with E-state index in [0.717, 1.165) is 32.0 Å². The molecule has 0 unspecified atom stereocenters. The summed E-state index contributed by atoms with van der Waals surface area (Å²) in [7, 11) is 0. The van der Waals surface area contributed by atoms with Crippen LogP contribution in [0.3, 0.4) is 0 Å². The zero-order valence-corrected chi connectivity index (χ0v) is 19.0. The summed E-state index contributed by atoms with van der Waals surface area (Å²) in [5.74, 6) is -0.464. The normalized spacial score (nSPS) is 12.7. The van der Waals surface area contributed by atoms with Crippen molar-refractivity contribution in [3.8, 4) is 11.3 Å². The highest BCUT2D eigenvalue weighted by Crippen LogP contribution is 2.31. The lowest BCUT2D eigenvalue weighted by Gasteiger charge is -2.13. The Balaban J connectivity index is 0.00000122. The van der Waals surface area contributed by atoms with Crippen LogP contribution < -0.4 is 0 Å². The Hall–Kier alpha value is -3.19. The van der Waals surface area contributed by atoms with E-state index in [1.807, 2.05) is 42.6 Å². The standard InChI is InChI=1S/C24H15N3O2S.2ClH/c28-22-17-8-4-5-9-18(17)23(29)27(22)13-15-10-11-20-21(12-15)30-24-25-19(14-26(20)24)16-6-2-1-3-7-16;;/h1-12,14H,13H2;2*1H. The molecule has 1 aliphatic heterocycles. The molecule has 1 aliphatic rings. The van der Waals surface area contributed by atoms with Gasteiger partial charge >= 0.3 is 0 Å². The third-order valence-corrected chi connectivity index (χ3v) is 6.46. The molecule has 0 fully saturated rings. The maximum atomic E-state index is 12.6. The average molecular weight is 482 g/mol. The summed E-state index contributed by atoms with van der Waals surface area (Å²) in [5.41, 5.74) is 4.97. The number of imide groups is 1. The molecule has 0 N–H and O–H groups in total. The first-order valence-electron chi connectivity index (χ1n) is 9.60. The molecule has 0 aliphatic carbocycles. The number of carbonyl (C=O) groups excluding carboxylic acids is 2. The number of nitrogens with zero attached hydrogens (tertiary/aromatic N) is 3. The van der Waals surface area contributed by atoms with Crippen molar-refractivity contribution < 1.29 is 9.59 Å². The highest BCUT2D eigenvalue weighted by molar-refractivity contribution is 7.23. The molecule has 3 heterocycles. The minimum Gasteiger partial charge on any atom is -0.290 e. The number of hydrogen-bond donors (Lipinski definition) is 0. The van der Waals surface area contributed by atoms with E-state index < -0.39 is 0 Å². The van der Waals surface area contributed by atoms with Gasteiger partial charge in [0.2, 0.25) is 0 Å². The van der Waals surface area contributed by atoms with E-state index >= 15 is 0 Å². The van der Waals surface area contributed by atoms with Gasteiger partial charge in [0.05, 0.1) is 33.6 Å². The summed E-state index contributed by atoms with van der Waals surface area (Å²) in [4.78, 5) is 32.3. The molecule has 6 rings (SSSR count). The van der Waals surface area contributed by atoms with Crippen LogP contribution in [0, 0.1) is 0 Å². The molecule has 5 aromatic rings. The molecule has 5 nitrogen and oxygen atoms in total. The Labute approximate surface area is 200 Å². The average Bonchev–Trinajstić information content (AvgIpc) is 3.41.